The maximum Gasteiger partial charge on any atom is 0.244 e. The lowest BCUT2D eigenvalue weighted by molar-refractivity contribution is -0.128. The molecular weight excluding hydrogens is 264 g/mol. The van der Waals surface area contributed by atoms with Gasteiger partial charge in [0.1, 0.15) is 11.2 Å². The van der Waals surface area contributed by atoms with Gasteiger partial charge in [0, 0.05) is 11.8 Å². The number of nitrogens with zero attached hydrogens (tertiary/aromatic N) is 1. The van der Waals surface area contributed by atoms with Gasteiger partial charge in [-0.2, -0.15) is 5.26 Å². The van der Waals surface area contributed by atoms with E-state index in [2.05, 4.69) is 25.2 Å². The van der Waals surface area contributed by atoms with Gasteiger partial charge in [0.25, 0.3) is 0 Å². The lowest BCUT2D eigenvalue weighted by atomic mass is 9.63. The van der Waals surface area contributed by atoms with E-state index in [0.717, 1.165) is 12.2 Å². The summed E-state index contributed by atoms with van der Waals surface area (Å²) in [5.74, 6) is 0.967. The van der Waals surface area contributed by atoms with Gasteiger partial charge < -0.3 is 10.1 Å². The molecular formula is C17H22N2O2. The van der Waals surface area contributed by atoms with Gasteiger partial charge in [-0.15, -0.1) is 0 Å². The van der Waals surface area contributed by atoms with Crippen molar-refractivity contribution in [1.29, 1.82) is 5.26 Å². The molecule has 1 aromatic carbocycles. The highest BCUT2D eigenvalue weighted by atomic mass is 16.5. The van der Waals surface area contributed by atoms with E-state index in [1.165, 1.54) is 0 Å². The van der Waals surface area contributed by atoms with Crippen LogP contribution in [0.15, 0.2) is 24.3 Å². The Balaban J connectivity index is 2.05. The number of nitriles is 1. The molecule has 21 heavy (non-hydrogen) atoms. The summed E-state index contributed by atoms with van der Waals surface area (Å²) in [6, 6.07) is 9.51. The fraction of sp³-hybridized carbons (Fsp3) is 0.529. The molecule has 0 bridgehead atoms. The molecule has 0 aliphatic heterocycles. The Labute approximate surface area is 126 Å². The fourth-order valence-electron chi connectivity index (χ4n) is 2.67. The van der Waals surface area contributed by atoms with E-state index in [9.17, 15) is 10.1 Å². The van der Waals surface area contributed by atoms with Crippen LogP contribution < -0.4 is 10.1 Å². The third-order valence-corrected chi connectivity index (χ3v) is 4.05. The molecule has 112 valence electrons. The second kappa shape index (κ2) is 6.17. The zero-order valence-electron chi connectivity index (χ0n) is 12.8. The quantitative estimate of drug-likeness (QED) is 0.896. The van der Waals surface area contributed by atoms with Crippen LogP contribution in [0.3, 0.4) is 0 Å². The van der Waals surface area contributed by atoms with Crippen molar-refractivity contribution >= 4 is 11.6 Å². The summed E-state index contributed by atoms with van der Waals surface area (Å²) < 4.78 is 5.74. The number of amides is 1. The number of carbonyl (C=O) groups is 1. The van der Waals surface area contributed by atoms with Crippen LogP contribution in [-0.2, 0) is 4.79 Å². The van der Waals surface area contributed by atoms with Crippen LogP contribution in [0.5, 0.6) is 5.75 Å². The average molecular weight is 286 g/mol. The highest BCUT2D eigenvalue weighted by molar-refractivity contribution is 5.98. The molecule has 0 heterocycles. The van der Waals surface area contributed by atoms with Crippen molar-refractivity contribution < 1.29 is 9.53 Å². The number of carbonyl (C=O) groups excluding carboxylic acids is 1. The van der Waals surface area contributed by atoms with Crippen LogP contribution in [-0.4, -0.2) is 12.0 Å². The Morgan fingerprint density at radius 2 is 2.29 bits per heavy atom. The molecule has 0 radical (unpaired) electrons. The Hall–Kier alpha value is -2.02. The first-order valence-corrected chi connectivity index (χ1v) is 7.48. The molecule has 1 aromatic rings. The summed E-state index contributed by atoms with van der Waals surface area (Å²) in [6.07, 6.45) is 2.33. The molecule has 1 saturated carbocycles. The van der Waals surface area contributed by atoms with Crippen molar-refractivity contribution in [3.05, 3.63) is 24.3 Å². The van der Waals surface area contributed by atoms with Gasteiger partial charge in [-0.05, 0) is 44.2 Å². The lowest BCUT2D eigenvalue weighted by Gasteiger charge is -2.39. The van der Waals surface area contributed by atoms with Crippen molar-refractivity contribution in [3.8, 4) is 11.8 Å². The highest BCUT2D eigenvalue weighted by Crippen LogP contribution is 2.45. The van der Waals surface area contributed by atoms with Crippen LogP contribution in [0, 0.1) is 22.7 Å². The molecule has 1 fully saturated rings. The van der Waals surface area contributed by atoms with Crippen molar-refractivity contribution in [3.63, 3.8) is 0 Å². The van der Waals surface area contributed by atoms with Crippen LogP contribution >= 0.6 is 0 Å². The third kappa shape index (κ3) is 3.36. The molecule has 0 aromatic heterocycles. The van der Waals surface area contributed by atoms with Crippen LogP contribution in [0.2, 0.25) is 0 Å². The molecule has 0 spiro atoms. The third-order valence-electron chi connectivity index (χ3n) is 4.05. The Bertz CT molecular complexity index is 556. The largest absolute Gasteiger partial charge is 0.491 e. The number of rotatable bonds is 5. The molecule has 1 aliphatic carbocycles. The Kier molecular flexibility index (Phi) is 4.52. The standard InChI is InChI=1S/C17H22N2O2/c1-4-13(3)21-15-7-5-6-14(8-15)19-16(20)17(11-18)9-12(2)10-17/h5-8,12-13H,4,9-10H2,1-3H3,(H,19,20). The molecule has 1 aliphatic rings. The smallest absolute Gasteiger partial charge is 0.244 e. The number of ether oxygens (including phenoxy) is 1. The summed E-state index contributed by atoms with van der Waals surface area (Å²) >= 11 is 0. The summed E-state index contributed by atoms with van der Waals surface area (Å²) in [7, 11) is 0. The first-order valence-electron chi connectivity index (χ1n) is 7.48. The summed E-state index contributed by atoms with van der Waals surface area (Å²) in [5.41, 5.74) is -0.178. The van der Waals surface area contributed by atoms with Gasteiger partial charge in [0.05, 0.1) is 12.2 Å². The maximum absolute atomic E-state index is 12.3. The SMILES string of the molecule is CCC(C)Oc1cccc(NC(=O)C2(C#N)CC(C)C2)c1. The van der Waals surface area contributed by atoms with E-state index in [-0.39, 0.29) is 12.0 Å². The van der Waals surface area contributed by atoms with Crippen molar-refractivity contribution in [1.82, 2.24) is 0 Å². The van der Waals surface area contributed by atoms with E-state index in [0.29, 0.717) is 24.4 Å². The molecule has 0 saturated heterocycles. The topological polar surface area (TPSA) is 62.1 Å². The van der Waals surface area contributed by atoms with E-state index in [1.54, 1.807) is 6.07 Å². The zero-order valence-corrected chi connectivity index (χ0v) is 12.8. The van der Waals surface area contributed by atoms with E-state index in [1.807, 2.05) is 25.1 Å². The monoisotopic (exact) mass is 286 g/mol. The van der Waals surface area contributed by atoms with Crippen LogP contribution in [0.25, 0.3) is 0 Å². The first-order chi connectivity index (χ1) is 9.99. The summed E-state index contributed by atoms with van der Waals surface area (Å²) in [6.45, 7) is 6.12. The molecule has 4 nitrogen and oxygen atoms in total. The first kappa shape index (κ1) is 15.4. The van der Waals surface area contributed by atoms with Crippen LogP contribution in [0.1, 0.15) is 40.0 Å². The average Bonchev–Trinajstić information content (AvgIpc) is 2.43. The number of benzene rings is 1. The predicted octanol–water partition coefficient (Wildman–Crippen LogP) is 3.74. The van der Waals surface area contributed by atoms with E-state index >= 15 is 0 Å². The van der Waals surface area contributed by atoms with Crippen molar-refractivity contribution in [2.75, 3.05) is 5.32 Å². The fourth-order valence-corrected chi connectivity index (χ4v) is 2.67. The molecule has 1 amide bonds. The van der Waals surface area contributed by atoms with Gasteiger partial charge in [-0.3, -0.25) is 4.79 Å². The van der Waals surface area contributed by atoms with Crippen molar-refractivity contribution in [2.45, 2.75) is 46.1 Å². The second-order valence-electron chi connectivity index (χ2n) is 6.03. The number of hydrogen-bond donors (Lipinski definition) is 1. The van der Waals surface area contributed by atoms with Crippen molar-refractivity contribution in [2.24, 2.45) is 11.3 Å². The van der Waals surface area contributed by atoms with Gasteiger partial charge in [0.15, 0.2) is 0 Å². The molecule has 1 N–H and O–H groups in total. The predicted molar refractivity (Wildman–Crippen MR) is 81.9 cm³/mol. The number of nitrogens with one attached hydrogen (secondary N) is 1. The minimum atomic E-state index is -0.854. The number of hydrogen-bond acceptors (Lipinski definition) is 3. The number of anilines is 1. The molecule has 1 unspecified atom stereocenters. The second-order valence-corrected chi connectivity index (χ2v) is 6.03. The highest BCUT2D eigenvalue weighted by Gasteiger charge is 2.48. The molecule has 1 atom stereocenters. The Morgan fingerprint density at radius 3 is 2.86 bits per heavy atom. The van der Waals surface area contributed by atoms with E-state index < -0.39 is 5.41 Å². The van der Waals surface area contributed by atoms with Gasteiger partial charge >= 0.3 is 0 Å². The minimum Gasteiger partial charge on any atom is -0.491 e. The minimum absolute atomic E-state index is 0.133. The Morgan fingerprint density at radius 1 is 1.57 bits per heavy atom. The normalized spacial score (nSPS) is 25.3. The summed E-state index contributed by atoms with van der Waals surface area (Å²) in [4.78, 5) is 12.3. The van der Waals surface area contributed by atoms with Gasteiger partial charge in [0.2, 0.25) is 5.91 Å². The van der Waals surface area contributed by atoms with Crippen LogP contribution in [0.4, 0.5) is 5.69 Å². The zero-order chi connectivity index (χ0) is 15.5. The summed E-state index contributed by atoms with van der Waals surface area (Å²) in [5, 5.41) is 12.1. The van der Waals surface area contributed by atoms with Gasteiger partial charge in [-0.1, -0.05) is 19.9 Å². The lowest BCUT2D eigenvalue weighted by Crippen LogP contribution is -2.45. The van der Waals surface area contributed by atoms with Gasteiger partial charge in [-0.25, -0.2) is 0 Å². The maximum atomic E-state index is 12.3. The molecule has 4 heteroatoms. The molecule has 2 rings (SSSR count). The van der Waals surface area contributed by atoms with E-state index in [4.69, 9.17) is 4.74 Å².